The highest BCUT2D eigenvalue weighted by Gasteiger charge is 2.26. The molecule has 1 saturated carbocycles. The van der Waals surface area contributed by atoms with Crippen LogP contribution in [0, 0.1) is 24.2 Å². The van der Waals surface area contributed by atoms with E-state index in [-0.39, 0.29) is 17.9 Å². The van der Waals surface area contributed by atoms with Gasteiger partial charge in [0.05, 0.1) is 6.54 Å². The average Bonchev–Trinajstić information content (AvgIpc) is 2.41. The zero-order valence-electron chi connectivity index (χ0n) is 13.2. The first kappa shape index (κ1) is 17.4. The number of carbonyl (C=O) groups is 2. The van der Waals surface area contributed by atoms with Gasteiger partial charge in [0.1, 0.15) is 5.60 Å². The number of alkyl carbamates (subject to hydrolysis) is 1. The Kier molecular flexibility index (Phi) is 6.54. The van der Waals surface area contributed by atoms with Crippen LogP contribution in [0.5, 0.6) is 0 Å². The fourth-order valence-corrected chi connectivity index (χ4v) is 2.45. The van der Waals surface area contributed by atoms with Gasteiger partial charge in [0.2, 0.25) is 5.91 Å². The van der Waals surface area contributed by atoms with Crippen LogP contribution in [0.1, 0.15) is 46.5 Å². The van der Waals surface area contributed by atoms with Crippen LogP contribution in [0.3, 0.4) is 0 Å². The lowest BCUT2D eigenvalue weighted by Crippen LogP contribution is -2.38. The molecule has 118 valence electrons. The molecule has 0 radical (unpaired) electrons. The highest BCUT2D eigenvalue weighted by atomic mass is 16.6. The lowest BCUT2D eigenvalue weighted by molar-refractivity contribution is -0.125. The smallest absolute Gasteiger partial charge is 0.407 e. The van der Waals surface area contributed by atoms with E-state index in [1.165, 1.54) is 0 Å². The number of rotatable bonds is 4. The Balaban J connectivity index is 2.23. The monoisotopic (exact) mass is 294 g/mol. The van der Waals surface area contributed by atoms with E-state index in [0.717, 1.165) is 25.7 Å². The number of ether oxygens (including phenoxy) is 1. The zero-order valence-corrected chi connectivity index (χ0v) is 13.2. The maximum atomic E-state index is 11.8. The lowest BCUT2D eigenvalue weighted by atomic mass is 9.81. The van der Waals surface area contributed by atoms with Crippen LogP contribution in [-0.2, 0) is 9.53 Å². The molecule has 1 rings (SSSR count). The lowest BCUT2D eigenvalue weighted by Gasteiger charge is -2.28. The van der Waals surface area contributed by atoms with E-state index in [9.17, 15) is 9.59 Å². The van der Waals surface area contributed by atoms with E-state index in [0.29, 0.717) is 19.0 Å². The molecule has 1 aliphatic carbocycles. The normalized spacial score (nSPS) is 22.0. The summed E-state index contributed by atoms with van der Waals surface area (Å²) in [7, 11) is 0. The van der Waals surface area contributed by atoms with Gasteiger partial charge >= 0.3 is 6.09 Å². The fourth-order valence-electron chi connectivity index (χ4n) is 2.45. The number of terminal acetylenes is 1. The van der Waals surface area contributed by atoms with Crippen molar-refractivity contribution < 1.29 is 14.3 Å². The van der Waals surface area contributed by atoms with Crippen molar-refractivity contribution in [1.82, 2.24) is 10.6 Å². The van der Waals surface area contributed by atoms with Crippen LogP contribution in [0.15, 0.2) is 0 Å². The van der Waals surface area contributed by atoms with Crippen molar-refractivity contribution in [2.45, 2.75) is 52.1 Å². The molecule has 1 fully saturated rings. The van der Waals surface area contributed by atoms with Crippen LogP contribution in [0.25, 0.3) is 0 Å². The van der Waals surface area contributed by atoms with E-state index in [1.54, 1.807) is 0 Å². The van der Waals surface area contributed by atoms with E-state index in [1.807, 2.05) is 20.8 Å². The minimum Gasteiger partial charge on any atom is -0.444 e. The summed E-state index contributed by atoms with van der Waals surface area (Å²) in [5.41, 5.74) is -0.475. The summed E-state index contributed by atoms with van der Waals surface area (Å²) >= 11 is 0. The van der Waals surface area contributed by atoms with Crippen molar-refractivity contribution >= 4 is 12.0 Å². The number of hydrogen-bond acceptors (Lipinski definition) is 3. The molecule has 0 spiro atoms. The maximum absolute atomic E-state index is 11.8. The Morgan fingerprint density at radius 1 is 1.19 bits per heavy atom. The number of nitrogens with one attached hydrogen (secondary N) is 2. The quantitative estimate of drug-likeness (QED) is 0.780. The van der Waals surface area contributed by atoms with Gasteiger partial charge in [-0.15, -0.1) is 6.42 Å². The van der Waals surface area contributed by atoms with Crippen molar-refractivity contribution in [3.05, 3.63) is 0 Å². The van der Waals surface area contributed by atoms with Gasteiger partial charge < -0.3 is 15.4 Å². The van der Waals surface area contributed by atoms with Crippen molar-refractivity contribution in [1.29, 1.82) is 0 Å². The molecule has 21 heavy (non-hydrogen) atoms. The van der Waals surface area contributed by atoms with Gasteiger partial charge in [0.15, 0.2) is 0 Å². The first-order chi connectivity index (χ1) is 9.81. The highest BCUT2D eigenvalue weighted by Crippen LogP contribution is 2.28. The molecular formula is C16H26N2O3. The summed E-state index contributed by atoms with van der Waals surface area (Å²) in [5, 5.41) is 5.53. The van der Waals surface area contributed by atoms with Crippen molar-refractivity contribution in [2.75, 3.05) is 13.1 Å². The molecular weight excluding hydrogens is 268 g/mol. The topological polar surface area (TPSA) is 67.4 Å². The largest absolute Gasteiger partial charge is 0.444 e. The second kappa shape index (κ2) is 7.92. The van der Waals surface area contributed by atoms with Crippen molar-refractivity contribution in [3.63, 3.8) is 0 Å². The van der Waals surface area contributed by atoms with Gasteiger partial charge in [0.25, 0.3) is 0 Å². The van der Waals surface area contributed by atoms with Crippen LogP contribution in [-0.4, -0.2) is 30.7 Å². The number of amides is 2. The molecule has 0 aromatic rings. The second-order valence-electron chi connectivity index (χ2n) is 6.52. The molecule has 0 atom stereocenters. The summed E-state index contributed by atoms with van der Waals surface area (Å²) in [6.45, 7) is 6.42. The van der Waals surface area contributed by atoms with E-state index < -0.39 is 5.60 Å². The van der Waals surface area contributed by atoms with E-state index >= 15 is 0 Å². The molecule has 2 N–H and O–H groups in total. The predicted molar refractivity (Wildman–Crippen MR) is 81.5 cm³/mol. The van der Waals surface area contributed by atoms with E-state index in [2.05, 4.69) is 16.6 Å². The Labute approximate surface area is 127 Å². The molecule has 0 aromatic heterocycles. The van der Waals surface area contributed by atoms with Gasteiger partial charge in [-0.3, -0.25) is 4.79 Å². The Bertz CT molecular complexity index is 399. The summed E-state index contributed by atoms with van der Waals surface area (Å²) in [6, 6.07) is 0. The van der Waals surface area contributed by atoms with Gasteiger partial charge in [-0.05, 0) is 52.4 Å². The molecule has 0 heterocycles. The van der Waals surface area contributed by atoms with Gasteiger partial charge in [0, 0.05) is 12.5 Å². The third-order valence-electron chi connectivity index (χ3n) is 3.52. The summed E-state index contributed by atoms with van der Waals surface area (Å²) in [6.07, 6.45) is 8.30. The van der Waals surface area contributed by atoms with Crippen molar-refractivity contribution in [3.8, 4) is 12.3 Å². The SMILES string of the molecule is C#CCNC(=O)C1CCC(CNC(=O)OC(C)(C)C)CC1. The number of hydrogen-bond donors (Lipinski definition) is 2. The molecule has 0 unspecified atom stereocenters. The molecule has 2 amide bonds. The third-order valence-corrected chi connectivity index (χ3v) is 3.52. The van der Waals surface area contributed by atoms with Crippen molar-refractivity contribution in [2.24, 2.45) is 11.8 Å². The summed E-state index contributed by atoms with van der Waals surface area (Å²) < 4.78 is 5.20. The van der Waals surface area contributed by atoms with Crippen LogP contribution >= 0.6 is 0 Å². The summed E-state index contributed by atoms with van der Waals surface area (Å²) in [5.74, 6) is 2.92. The molecule has 0 aliphatic heterocycles. The fraction of sp³-hybridized carbons (Fsp3) is 0.750. The van der Waals surface area contributed by atoms with Gasteiger partial charge in [-0.1, -0.05) is 5.92 Å². The Hall–Kier alpha value is -1.70. The second-order valence-corrected chi connectivity index (χ2v) is 6.52. The molecule has 5 nitrogen and oxygen atoms in total. The van der Waals surface area contributed by atoms with Gasteiger partial charge in [-0.2, -0.15) is 0 Å². The maximum Gasteiger partial charge on any atom is 0.407 e. The predicted octanol–water partition coefficient (Wildman–Crippen LogP) is 2.07. The average molecular weight is 294 g/mol. The zero-order chi connectivity index (χ0) is 15.9. The van der Waals surface area contributed by atoms with Crippen LogP contribution in [0.2, 0.25) is 0 Å². The standard InChI is InChI=1S/C16H26N2O3/c1-5-10-17-14(19)13-8-6-12(7-9-13)11-18-15(20)21-16(2,3)4/h1,12-13H,6-11H2,2-4H3,(H,17,19)(H,18,20). The Morgan fingerprint density at radius 2 is 1.81 bits per heavy atom. The molecule has 1 aliphatic rings. The Morgan fingerprint density at radius 3 is 2.33 bits per heavy atom. The first-order valence-electron chi connectivity index (χ1n) is 7.50. The summed E-state index contributed by atoms with van der Waals surface area (Å²) in [4.78, 5) is 23.4. The van der Waals surface area contributed by atoms with E-state index in [4.69, 9.17) is 11.2 Å². The third kappa shape index (κ3) is 7.03. The minimum absolute atomic E-state index is 0.0477. The highest BCUT2D eigenvalue weighted by molar-refractivity contribution is 5.78. The van der Waals surface area contributed by atoms with Crippen LogP contribution in [0.4, 0.5) is 4.79 Å². The molecule has 0 aromatic carbocycles. The molecule has 0 saturated heterocycles. The molecule has 0 bridgehead atoms. The number of carbonyl (C=O) groups excluding carboxylic acids is 2. The first-order valence-corrected chi connectivity index (χ1v) is 7.50. The molecule has 5 heteroatoms. The minimum atomic E-state index is -0.475. The van der Waals surface area contributed by atoms with Gasteiger partial charge in [-0.25, -0.2) is 4.79 Å². The van der Waals surface area contributed by atoms with Crippen LogP contribution < -0.4 is 10.6 Å².